The SMILES string of the molecule is CCn1nc(C)c(CN(C)C(CCO)c2ccccc2)c1C. The zero-order valence-electron chi connectivity index (χ0n) is 14.1. The molecule has 1 aromatic heterocycles. The summed E-state index contributed by atoms with van der Waals surface area (Å²) in [5, 5.41) is 14.0. The van der Waals surface area contributed by atoms with Crippen LogP contribution in [-0.4, -0.2) is 33.4 Å². The second-order valence-corrected chi connectivity index (χ2v) is 5.82. The minimum absolute atomic E-state index is 0.191. The molecule has 0 aliphatic heterocycles. The molecular formula is C18H27N3O. The Morgan fingerprint density at radius 1 is 1.23 bits per heavy atom. The Balaban J connectivity index is 2.22. The highest BCUT2D eigenvalue weighted by molar-refractivity contribution is 5.25. The molecule has 0 saturated heterocycles. The topological polar surface area (TPSA) is 41.3 Å². The summed E-state index contributed by atoms with van der Waals surface area (Å²) in [6.07, 6.45) is 0.737. The Morgan fingerprint density at radius 2 is 1.91 bits per heavy atom. The first-order valence-corrected chi connectivity index (χ1v) is 7.97. The van der Waals surface area contributed by atoms with Crippen molar-refractivity contribution in [3.63, 3.8) is 0 Å². The summed E-state index contributed by atoms with van der Waals surface area (Å²) in [6.45, 7) is 8.26. The average Bonchev–Trinajstić information content (AvgIpc) is 2.80. The van der Waals surface area contributed by atoms with E-state index in [0.29, 0.717) is 0 Å². The Hall–Kier alpha value is -1.65. The van der Waals surface area contributed by atoms with Crippen LogP contribution >= 0.6 is 0 Å². The van der Waals surface area contributed by atoms with Gasteiger partial charge in [0.25, 0.3) is 0 Å². The molecule has 0 fully saturated rings. The first kappa shape index (κ1) is 16.7. The van der Waals surface area contributed by atoms with E-state index in [1.165, 1.54) is 16.8 Å². The Labute approximate surface area is 133 Å². The molecular weight excluding hydrogens is 274 g/mol. The van der Waals surface area contributed by atoms with Gasteiger partial charge in [0.15, 0.2) is 0 Å². The molecule has 4 nitrogen and oxygen atoms in total. The van der Waals surface area contributed by atoms with Crippen molar-refractivity contribution in [2.45, 2.75) is 46.3 Å². The van der Waals surface area contributed by atoms with Crippen molar-refractivity contribution in [2.24, 2.45) is 0 Å². The summed E-state index contributed by atoms with van der Waals surface area (Å²) in [4.78, 5) is 2.31. The van der Waals surface area contributed by atoms with Gasteiger partial charge in [0.2, 0.25) is 0 Å². The Bertz CT molecular complexity index is 592. The summed E-state index contributed by atoms with van der Waals surface area (Å²) >= 11 is 0. The molecule has 120 valence electrons. The van der Waals surface area contributed by atoms with E-state index in [1.54, 1.807) is 0 Å². The maximum atomic E-state index is 9.42. The van der Waals surface area contributed by atoms with E-state index in [2.05, 4.69) is 66.8 Å². The lowest BCUT2D eigenvalue weighted by Crippen LogP contribution is -2.25. The van der Waals surface area contributed by atoms with Gasteiger partial charge in [-0.3, -0.25) is 9.58 Å². The second-order valence-electron chi connectivity index (χ2n) is 5.82. The summed E-state index contributed by atoms with van der Waals surface area (Å²) in [7, 11) is 2.12. The van der Waals surface area contributed by atoms with Crippen molar-refractivity contribution in [3.05, 3.63) is 52.8 Å². The summed E-state index contributed by atoms with van der Waals surface area (Å²) in [6, 6.07) is 10.6. The number of aryl methyl sites for hydroxylation is 2. The van der Waals surface area contributed by atoms with E-state index in [1.807, 2.05) is 6.07 Å². The van der Waals surface area contributed by atoms with Crippen LogP contribution < -0.4 is 0 Å². The molecule has 2 aromatic rings. The molecule has 1 aromatic carbocycles. The molecule has 0 spiro atoms. The van der Waals surface area contributed by atoms with Gasteiger partial charge in [-0.1, -0.05) is 30.3 Å². The standard InChI is InChI=1S/C18H27N3O/c1-5-21-15(3)17(14(2)19-21)13-20(4)18(11-12-22)16-9-7-6-8-10-16/h6-10,18,22H,5,11-13H2,1-4H3. The first-order chi connectivity index (χ1) is 10.6. The summed E-state index contributed by atoms with van der Waals surface area (Å²) in [5.41, 5.74) is 4.88. The van der Waals surface area contributed by atoms with Crippen molar-refractivity contribution >= 4 is 0 Å². The van der Waals surface area contributed by atoms with Gasteiger partial charge in [0.1, 0.15) is 0 Å². The zero-order valence-corrected chi connectivity index (χ0v) is 14.1. The lowest BCUT2D eigenvalue weighted by Gasteiger charge is -2.28. The molecule has 1 heterocycles. The molecule has 2 rings (SSSR count). The molecule has 1 atom stereocenters. The van der Waals surface area contributed by atoms with Crippen LogP contribution in [0.1, 0.15) is 41.9 Å². The zero-order chi connectivity index (χ0) is 16.1. The van der Waals surface area contributed by atoms with Gasteiger partial charge in [-0.15, -0.1) is 0 Å². The van der Waals surface area contributed by atoms with Crippen LogP contribution in [0.5, 0.6) is 0 Å². The quantitative estimate of drug-likeness (QED) is 0.854. The monoisotopic (exact) mass is 301 g/mol. The van der Waals surface area contributed by atoms with Gasteiger partial charge >= 0.3 is 0 Å². The number of aromatic nitrogens is 2. The smallest absolute Gasteiger partial charge is 0.0641 e. The third kappa shape index (κ3) is 3.57. The number of aliphatic hydroxyl groups is 1. The minimum Gasteiger partial charge on any atom is -0.396 e. The van der Waals surface area contributed by atoms with Gasteiger partial charge in [-0.2, -0.15) is 5.10 Å². The first-order valence-electron chi connectivity index (χ1n) is 7.97. The molecule has 4 heteroatoms. The second kappa shape index (κ2) is 7.56. The molecule has 22 heavy (non-hydrogen) atoms. The van der Waals surface area contributed by atoms with Crippen LogP contribution in [0.25, 0.3) is 0 Å². The molecule has 0 radical (unpaired) electrons. The van der Waals surface area contributed by atoms with E-state index in [4.69, 9.17) is 0 Å². The van der Waals surface area contributed by atoms with Crippen molar-refractivity contribution in [3.8, 4) is 0 Å². The lowest BCUT2D eigenvalue weighted by molar-refractivity contribution is 0.179. The summed E-state index contributed by atoms with van der Waals surface area (Å²) in [5.74, 6) is 0. The number of aliphatic hydroxyl groups excluding tert-OH is 1. The molecule has 0 aliphatic rings. The van der Waals surface area contributed by atoms with Crippen LogP contribution in [0.15, 0.2) is 30.3 Å². The number of benzene rings is 1. The van der Waals surface area contributed by atoms with Gasteiger partial charge in [0, 0.05) is 37.0 Å². The normalized spacial score (nSPS) is 12.8. The third-order valence-electron chi connectivity index (χ3n) is 4.36. The predicted octanol–water partition coefficient (Wildman–Crippen LogP) is 3.08. The number of hydrogen-bond acceptors (Lipinski definition) is 3. The molecule has 0 aliphatic carbocycles. The highest BCUT2D eigenvalue weighted by atomic mass is 16.3. The third-order valence-corrected chi connectivity index (χ3v) is 4.36. The van der Waals surface area contributed by atoms with E-state index in [0.717, 1.165) is 25.2 Å². The van der Waals surface area contributed by atoms with Crippen LogP contribution in [0.4, 0.5) is 0 Å². The number of hydrogen-bond donors (Lipinski definition) is 1. The van der Waals surface area contributed by atoms with Crippen LogP contribution in [0, 0.1) is 13.8 Å². The fourth-order valence-corrected chi connectivity index (χ4v) is 3.07. The predicted molar refractivity (Wildman–Crippen MR) is 89.7 cm³/mol. The van der Waals surface area contributed by atoms with Crippen molar-refractivity contribution in [2.75, 3.05) is 13.7 Å². The highest BCUT2D eigenvalue weighted by Gasteiger charge is 2.20. The molecule has 0 amide bonds. The lowest BCUT2D eigenvalue weighted by atomic mass is 10.0. The fraction of sp³-hybridized carbons (Fsp3) is 0.500. The van der Waals surface area contributed by atoms with Gasteiger partial charge in [0.05, 0.1) is 5.69 Å². The van der Waals surface area contributed by atoms with E-state index in [9.17, 15) is 5.11 Å². The maximum absolute atomic E-state index is 9.42. The number of nitrogens with zero attached hydrogens (tertiary/aromatic N) is 3. The molecule has 1 unspecified atom stereocenters. The fourth-order valence-electron chi connectivity index (χ4n) is 3.07. The van der Waals surface area contributed by atoms with Gasteiger partial charge < -0.3 is 5.11 Å². The van der Waals surface area contributed by atoms with Gasteiger partial charge in [-0.05, 0) is 39.8 Å². The number of rotatable bonds is 7. The molecule has 0 bridgehead atoms. The summed E-state index contributed by atoms with van der Waals surface area (Å²) < 4.78 is 2.06. The van der Waals surface area contributed by atoms with Crippen molar-refractivity contribution in [1.29, 1.82) is 0 Å². The van der Waals surface area contributed by atoms with Crippen LogP contribution in [-0.2, 0) is 13.1 Å². The highest BCUT2D eigenvalue weighted by Crippen LogP contribution is 2.26. The van der Waals surface area contributed by atoms with E-state index >= 15 is 0 Å². The molecule has 0 saturated carbocycles. The van der Waals surface area contributed by atoms with Crippen LogP contribution in [0.2, 0.25) is 0 Å². The van der Waals surface area contributed by atoms with E-state index in [-0.39, 0.29) is 12.6 Å². The van der Waals surface area contributed by atoms with Crippen molar-refractivity contribution in [1.82, 2.24) is 14.7 Å². The largest absolute Gasteiger partial charge is 0.396 e. The van der Waals surface area contributed by atoms with Crippen molar-refractivity contribution < 1.29 is 5.11 Å². The van der Waals surface area contributed by atoms with E-state index < -0.39 is 0 Å². The Kier molecular flexibility index (Phi) is 5.75. The van der Waals surface area contributed by atoms with Crippen LogP contribution in [0.3, 0.4) is 0 Å². The average molecular weight is 301 g/mol. The Morgan fingerprint density at radius 3 is 2.45 bits per heavy atom. The van der Waals surface area contributed by atoms with Gasteiger partial charge in [-0.25, -0.2) is 0 Å². The minimum atomic E-state index is 0.191. The molecule has 1 N–H and O–H groups in total. The maximum Gasteiger partial charge on any atom is 0.0641 e.